The quantitative estimate of drug-likeness (QED) is 0.354. The highest BCUT2D eigenvalue weighted by Crippen LogP contribution is 2.31. The van der Waals surface area contributed by atoms with E-state index in [2.05, 4.69) is 15.3 Å². The van der Waals surface area contributed by atoms with Crippen LogP contribution in [0.4, 0.5) is 5.69 Å². The summed E-state index contributed by atoms with van der Waals surface area (Å²) in [7, 11) is 1.98. The number of rotatable bonds is 5. The van der Waals surface area contributed by atoms with E-state index in [1.165, 1.54) is 0 Å². The lowest BCUT2D eigenvalue weighted by molar-refractivity contribution is -0.125. The molecule has 0 spiro atoms. The molecular weight excluding hydrogens is 438 g/mol. The number of hydrogen-bond acceptors (Lipinski definition) is 7. The molecule has 0 saturated heterocycles. The largest absolute Gasteiger partial charge is 0.485 e. The van der Waals surface area contributed by atoms with Gasteiger partial charge in [0.2, 0.25) is 6.10 Å². The molecule has 0 bridgehead atoms. The van der Waals surface area contributed by atoms with Crippen LogP contribution in [0.15, 0.2) is 53.7 Å². The molecule has 33 heavy (non-hydrogen) atoms. The number of aromatic nitrogens is 4. The van der Waals surface area contributed by atoms with Crippen LogP contribution in [0.2, 0.25) is 0 Å². The first-order chi connectivity index (χ1) is 16.0. The molecule has 0 aliphatic carbocycles. The van der Waals surface area contributed by atoms with Crippen LogP contribution in [0.5, 0.6) is 11.5 Å². The van der Waals surface area contributed by atoms with E-state index in [1.807, 2.05) is 67.9 Å². The molecule has 5 rings (SSSR count). The van der Waals surface area contributed by atoms with Crippen molar-refractivity contribution < 1.29 is 14.3 Å². The van der Waals surface area contributed by atoms with Gasteiger partial charge in [0.05, 0.1) is 16.8 Å². The molecule has 1 atom stereocenters. The Hall–Kier alpha value is -3.59. The number of para-hydroxylation sites is 2. The zero-order chi connectivity index (χ0) is 22.9. The second kappa shape index (κ2) is 8.74. The zero-order valence-corrected chi connectivity index (χ0v) is 19.3. The number of hydrogen-bond donors (Lipinski definition) is 1. The van der Waals surface area contributed by atoms with E-state index in [0.717, 1.165) is 33.4 Å². The van der Waals surface area contributed by atoms with E-state index in [0.29, 0.717) is 22.9 Å². The molecule has 0 radical (unpaired) electrons. The molecule has 9 heteroatoms. The van der Waals surface area contributed by atoms with Gasteiger partial charge in [0.25, 0.3) is 5.91 Å². The predicted molar refractivity (Wildman–Crippen MR) is 127 cm³/mol. The Labute approximate surface area is 195 Å². The number of amides is 1. The van der Waals surface area contributed by atoms with Crippen LogP contribution in [-0.2, 0) is 17.6 Å². The Morgan fingerprint density at radius 2 is 1.85 bits per heavy atom. The van der Waals surface area contributed by atoms with Crippen molar-refractivity contribution >= 4 is 34.4 Å². The van der Waals surface area contributed by atoms with Crippen LogP contribution in [-0.4, -0.2) is 38.1 Å². The minimum Gasteiger partial charge on any atom is -0.485 e. The fourth-order valence-electron chi connectivity index (χ4n) is 3.72. The lowest BCUT2D eigenvalue weighted by atomic mass is 10.2. The number of carbonyl (C=O) groups is 1. The van der Waals surface area contributed by atoms with Gasteiger partial charge in [-0.05, 0) is 50.2 Å². The molecule has 2 aromatic heterocycles. The Morgan fingerprint density at radius 3 is 2.64 bits per heavy atom. The molecule has 1 aliphatic heterocycles. The van der Waals surface area contributed by atoms with Gasteiger partial charge < -0.3 is 19.4 Å². The number of nitrogens with one attached hydrogen (secondary N) is 1. The van der Waals surface area contributed by atoms with Crippen molar-refractivity contribution in [2.75, 3.05) is 11.9 Å². The second-order valence-corrected chi connectivity index (χ2v) is 8.81. The van der Waals surface area contributed by atoms with Crippen LogP contribution in [0, 0.1) is 13.8 Å². The van der Waals surface area contributed by atoms with Gasteiger partial charge in [-0.15, -0.1) is 0 Å². The zero-order valence-electron chi connectivity index (χ0n) is 18.5. The monoisotopic (exact) mass is 461 g/mol. The number of nitrogens with zero attached hydrogens (tertiary/aromatic N) is 4. The van der Waals surface area contributed by atoms with Crippen LogP contribution in [0.25, 0.3) is 11.0 Å². The fourth-order valence-corrected chi connectivity index (χ4v) is 4.65. The number of aryl methyl sites for hydroxylation is 3. The molecule has 3 heterocycles. The number of anilines is 1. The van der Waals surface area contributed by atoms with Crippen LogP contribution < -0.4 is 14.8 Å². The Morgan fingerprint density at radius 1 is 1.09 bits per heavy atom. The van der Waals surface area contributed by atoms with E-state index in [4.69, 9.17) is 14.5 Å². The van der Waals surface area contributed by atoms with Gasteiger partial charge in [-0.3, -0.25) is 4.79 Å². The normalized spacial score (nSPS) is 14.9. The summed E-state index contributed by atoms with van der Waals surface area (Å²) in [5.41, 5.74) is 4.34. The molecular formula is C24H23N5O3S. The van der Waals surface area contributed by atoms with Gasteiger partial charge in [0.1, 0.15) is 12.4 Å². The minimum atomic E-state index is -0.718. The van der Waals surface area contributed by atoms with Gasteiger partial charge >= 0.3 is 0 Å². The fraction of sp³-hybridized carbons (Fsp3) is 0.250. The third-order valence-corrected chi connectivity index (χ3v) is 6.18. The molecule has 0 saturated carbocycles. The third kappa shape index (κ3) is 4.49. The highest BCUT2D eigenvalue weighted by Gasteiger charge is 2.27. The van der Waals surface area contributed by atoms with E-state index in [9.17, 15) is 4.79 Å². The average molecular weight is 462 g/mol. The van der Waals surface area contributed by atoms with Crippen molar-refractivity contribution in [3.8, 4) is 11.5 Å². The van der Waals surface area contributed by atoms with E-state index in [1.54, 1.807) is 17.8 Å². The maximum absolute atomic E-state index is 12.7. The minimum absolute atomic E-state index is 0.163. The van der Waals surface area contributed by atoms with Crippen molar-refractivity contribution in [1.82, 2.24) is 19.5 Å². The van der Waals surface area contributed by atoms with Gasteiger partial charge in [-0.1, -0.05) is 23.9 Å². The smallest absolute Gasteiger partial charge is 0.269 e. The summed E-state index contributed by atoms with van der Waals surface area (Å²) in [4.78, 5) is 26.5. The van der Waals surface area contributed by atoms with E-state index >= 15 is 0 Å². The Balaban J connectivity index is 1.29. The standard InChI is InChI=1S/C24H23N5O3S/c1-14-10-15(2)26-24(25-14)33-13-22-28-17-11-16(8-9-18(17)29(22)3)27-23(30)21-12-31-19-6-4-5-7-20(19)32-21/h4-11,21H,12-13H2,1-3H3,(H,27,30). The summed E-state index contributed by atoms with van der Waals surface area (Å²) in [6, 6.07) is 15.0. The molecule has 1 aliphatic rings. The molecule has 1 amide bonds. The van der Waals surface area contributed by atoms with Crippen molar-refractivity contribution in [2.24, 2.45) is 7.05 Å². The highest BCUT2D eigenvalue weighted by atomic mass is 32.2. The van der Waals surface area contributed by atoms with E-state index in [-0.39, 0.29) is 12.5 Å². The number of carbonyl (C=O) groups excluding carboxylic acids is 1. The van der Waals surface area contributed by atoms with Gasteiger partial charge in [0.15, 0.2) is 16.7 Å². The number of thioether (sulfide) groups is 1. The highest BCUT2D eigenvalue weighted by molar-refractivity contribution is 7.98. The SMILES string of the molecule is Cc1cc(C)nc(SCc2nc3cc(NC(=O)C4COc5ccccc5O4)ccc3n2C)n1. The van der Waals surface area contributed by atoms with Crippen LogP contribution >= 0.6 is 11.8 Å². The van der Waals surface area contributed by atoms with Crippen molar-refractivity contribution in [3.05, 3.63) is 65.7 Å². The second-order valence-electron chi connectivity index (χ2n) is 7.87. The molecule has 168 valence electrons. The first-order valence-corrected chi connectivity index (χ1v) is 11.5. The van der Waals surface area contributed by atoms with Gasteiger partial charge in [-0.25, -0.2) is 15.0 Å². The maximum Gasteiger partial charge on any atom is 0.269 e. The lowest BCUT2D eigenvalue weighted by Crippen LogP contribution is -2.40. The maximum atomic E-state index is 12.7. The summed E-state index contributed by atoms with van der Waals surface area (Å²) in [6.45, 7) is 4.09. The number of ether oxygens (including phenoxy) is 2. The summed E-state index contributed by atoms with van der Waals surface area (Å²) < 4.78 is 13.5. The van der Waals surface area contributed by atoms with Gasteiger partial charge in [0, 0.05) is 24.1 Å². The molecule has 0 fully saturated rings. The van der Waals surface area contributed by atoms with Crippen LogP contribution in [0.3, 0.4) is 0 Å². The topological polar surface area (TPSA) is 91.2 Å². The number of benzene rings is 2. The first kappa shape index (κ1) is 21.3. The summed E-state index contributed by atoms with van der Waals surface area (Å²) >= 11 is 1.55. The number of imidazole rings is 1. The van der Waals surface area contributed by atoms with E-state index < -0.39 is 6.10 Å². The van der Waals surface area contributed by atoms with Crippen LogP contribution in [0.1, 0.15) is 17.2 Å². The van der Waals surface area contributed by atoms with Crippen molar-refractivity contribution in [2.45, 2.75) is 30.9 Å². The van der Waals surface area contributed by atoms with Crippen molar-refractivity contribution in [1.29, 1.82) is 0 Å². The summed E-state index contributed by atoms with van der Waals surface area (Å²) in [5.74, 6) is 2.50. The van der Waals surface area contributed by atoms with Gasteiger partial charge in [-0.2, -0.15) is 0 Å². The Kier molecular flexibility index (Phi) is 5.63. The average Bonchev–Trinajstić information content (AvgIpc) is 3.11. The molecule has 8 nitrogen and oxygen atoms in total. The first-order valence-electron chi connectivity index (χ1n) is 10.6. The lowest BCUT2D eigenvalue weighted by Gasteiger charge is -2.25. The van der Waals surface area contributed by atoms with Crippen molar-refractivity contribution in [3.63, 3.8) is 0 Å². The molecule has 4 aromatic rings. The third-order valence-electron chi connectivity index (χ3n) is 5.33. The summed E-state index contributed by atoms with van der Waals surface area (Å²) in [6.07, 6.45) is -0.718. The summed E-state index contributed by atoms with van der Waals surface area (Å²) in [5, 5.41) is 3.65. The molecule has 1 unspecified atom stereocenters. The number of fused-ring (bicyclic) bond motifs is 2. The Bertz CT molecular complexity index is 1330. The molecule has 1 N–H and O–H groups in total. The molecule has 2 aromatic carbocycles. The predicted octanol–water partition coefficient (Wildman–Crippen LogP) is 4.05.